The number of ether oxygens (including phenoxy) is 2. The van der Waals surface area contributed by atoms with Gasteiger partial charge < -0.3 is 14.6 Å². The maximum absolute atomic E-state index is 11.2. The molecule has 1 saturated heterocycles. The van der Waals surface area contributed by atoms with Gasteiger partial charge in [0.05, 0.1) is 5.92 Å². The number of rotatable bonds is 3. The van der Waals surface area contributed by atoms with Gasteiger partial charge in [-0.15, -0.1) is 0 Å². The summed E-state index contributed by atoms with van der Waals surface area (Å²) in [5.41, 5.74) is 1.14. The van der Waals surface area contributed by atoms with Crippen molar-refractivity contribution in [2.24, 2.45) is 5.92 Å². The van der Waals surface area contributed by atoms with Gasteiger partial charge in [0.25, 0.3) is 0 Å². The Kier molecular flexibility index (Phi) is 3.76. The fourth-order valence-corrected chi connectivity index (χ4v) is 3.35. The third kappa shape index (κ3) is 2.58. The highest BCUT2D eigenvalue weighted by Gasteiger charge is 2.38. The quantitative estimate of drug-likeness (QED) is 0.926. The van der Waals surface area contributed by atoms with Gasteiger partial charge in [0.2, 0.25) is 0 Å². The summed E-state index contributed by atoms with van der Waals surface area (Å²) in [6.45, 7) is 6.09. The van der Waals surface area contributed by atoms with Gasteiger partial charge in [0, 0.05) is 12.1 Å². The van der Waals surface area contributed by atoms with Crippen molar-refractivity contribution in [2.75, 3.05) is 19.8 Å². The van der Waals surface area contributed by atoms with Gasteiger partial charge >= 0.3 is 5.97 Å². The maximum Gasteiger partial charge on any atom is 0.308 e. The monoisotopic (exact) mass is 291 g/mol. The summed E-state index contributed by atoms with van der Waals surface area (Å²) < 4.78 is 11.2. The predicted molar refractivity (Wildman–Crippen MR) is 77.8 cm³/mol. The molecule has 0 bridgehead atoms. The number of likely N-dealkylation sites (tertiary alicyclic amines) is 1. The zero-order valence-corrected chi connectivity index (χ0v) is 12.4. The van der Waals surface area contributed by atoms with E-state index in [1.807, 2.05) is 25.1 Å². The van der Waals surface area contributed by atoms with Crippen LogP contribution in [0.5, 0.6) is 11.5 Å². The average molecular weight is 291 g/mol. The van der Waals surface area contributed by atoms with E-state index in [4.69, 9.17) is 9.47 Å². The molecule has 1 aromatic rings. The van der Waals surface area contributed by atoms with E-state index in [1.165, 1.54) is 0 Å². The Morgan fingerprint density at radius 2 is 2.05 bits per heavy atom. The Bertz CT molecular complexity index is 545. The summed E-state index contributed by atoms with van der Waals surface area (Å²) in [4.78, 5) is 13.5. The largest absolute Gasteiger partial charge is 0.486 e. The predicted octanol–water partition coefficient (Wildman–Crippen LogP) is 2.31. The second kappa shape index (κ2) is 5.56. The number of carbonyl (C=O) groups is 1. The van der Waals surface area contributed by atoms with Crippen LogP contribution in [0.4, 0.5) is 0 Å². The van der Waals surface area contributed by atoms with E-state index in [0.29, 0.717) is 19.6 Å². The fourth-order valence-electron chi connectivity index (χ4n) is 3.35. The molecule has 0 amide bonds. The number of hydrogen-bond donors (Lipinski definition) is 1. The van der Waals surface area contributed by atoms with Crippen molar-refractivity contribution in [2.45, 2.75) is 32.4 Å². The molecule has 5 heteroatoms. The number of carboxylic acids is 1. The van der Waals surface area contributed by atoms with Crippen molar-refractivity contribution in [1.29, 1.82) is 0 Å². The molecule has 0 radical (unpaired) electrons. The van der Waals surface area contributed by atoms with Gasteiger partial charge in [0.1, 0.15) is 13.2 Å². The molecule has 3 atom stereocenters. The van der Waals surface area contributed by atoms with Crippen molar-refractivity contribution >= 4 is 5.97 Å². The van der Waals surface area contributed by atoms with Crippen molar-refractivity contribution in [3.8, 4) is 11.5 Å². The molecule has 0 aromatic heterocycles. The van der Waals surface area contributed by atoms with Gasteiger partial charge in [-0.2, -0.15) is 0 Å². The molecule has 0 saturated carbocycles. The smallest absolute Gasteiger partial charge is 0.308 e. The minimum Gasteiger partial charge on any atom is -0.486 e. The van der Waals surface area contributed by atoms with Gasteiger partial charge in [0.15, 0.2) is 11.5 Å². The Hall–Kier alpha value is -1.75. The molecule has 3 rings (SSSR count). The molecule has 114 valence electrons. The van der Waals surface area contributed by atoms with Crippen LogP contribution in [-0.2, 0) is 4.79 Å². The minimum atomic E-state index is -0.695. The highest BCUT2D eigenvalue weighted by Crippen LogP contribution is 2.37. The molecule has 1 N–H and O–H groups in total. The average Bonchev–Trinajstić information content (AvgIpc) is 2.88. The Morgan fingerprint density at radius 1 is 1.33 bits per heavy atom. The molecule has 3 unspecified atom stereocenters. The molecule has 21 heavy (non-hydrogen) atoms. The number of hydrogen-bond acceptors (Lipinski definition) is 4. The third-order valence-electron chi connectivity index (χ3n) is 4.67. The summed E-state index contributed by atoms with van der Waals surface area (Å²) in [7, 11) is 0. The third-order valence-corrected chi connectivity index (χ3v) is 4.67. The van der Waals surface area contributed by atoms with E-state index < -0.39 is 5.97 Å². The van der Waals surface area contributed by atoms with Crippen LogP contribution in [0.25, 0.3) is 0 Å². The molecule has 2 aliphatic rings. The van der Waals surface area contributed by atoms with Crippen molar-refractivity contribution < 1.29 is 19.4 Å². The summed E-state index contributed by atoms with van der Waals surface area (Å²) in [6.07, 6.45) is 0.714. The molecule has 0 spiro atoms. The van der Waals surface area contributed by atoms with Crippen LogP contribution in [-0.4, -0.2) is 41.8 Å². The molecule has 1 aromatic carbocycles. The molecule has 0 aliphatic carbocycles. The Morgan fingerprint density at radius 3 is 2.71 bits per heavy atom. The van der Waals surface area contributed by atoms with Crippen molar-refractivity contribution in [3.63, 3.8) is 0 Å². The Labute approximate surface area is 124 Å². The van der Waals surface area contributed by atoms with Crippen LogP contribution in [0.2, 0.25) is 0 Å². The van der Waals surface area contributed by atoms with Crippen molar-refractivity contribution in [3.05, 3.63) is 23.8 Å². The van der Waals surface area contributed by atoms with Crippen LogP contribution in [0, 0.1) is 5.92 Å². The van der Waals surface area contributed by atoms with Crippen LogP contribution < -0.4 is 9.47 Å². The number of aliphatic carboxylic acids is 1. The molecule has 2 heterocycles. The van der Waals surface area contributed by atoms with Crippen molar-refractivity contribution in [1.82, 2.24) is 4.90 Å². The van der Waals surface area contributed by atoms with Crippen LogP contribution in [0.3, 0.4) is 0 Å². The molecular weight excluding hydrogens is 270 g/mol. The summed E-state index contributed by atoms with van der Waals surface area (Å²) >= 11 is 0. The number of fused-ring (bicyclic) bond motifs is 1. The van der Waals surface area contributed by atoms with Gasteiger partial charge in [-0.05, 0) is 44.5 Å². The standard InChI is InChI=1S/C16H21NO4/c1-10(17-6-5-13(11(17)2)16(18)19)12-3-4-14-15(9-12)21-8-7-20-14/h3-4,9-11,13H,5-8H2,1-2H3,(H,18,19). The SMILES string of the molecule is CC(c1ccc2c(c1)OCCO2)N1CCC(C(=O)O)C1C. The first-order chi connectivity index (χ1) is 10.1. The second-order valence-electron chi connectivity index (χ2n) is 5.79. The lowest BCUT2D eigenvalue weighted by molar-refractivity contribution is -0.142. The van der Waals surface area contributed by atoms with E-state index in [1.54, 1.807) is 0 Å². The highest BCUT2D eigenvalue weighted by atomic mass is 16.6. The van der Waals surface area contributed by atoms with E-state index in [-0.39, 0.29) is 18.0 Å². The van der Waals surface area contributed by atoms with Crippen LogP contribution >= 0.6 is 0 Å². The fraction of sp³-hybridized carbons (Fsp3) is 0.562. The lowest BCUT2D eigenvalue weighted by atomic mass is 10.0. The number of benzene rings is 1. The highest BCUT2D eigenvalue weighted by molar-refractivity contribution is 5.71. The topological polar surface area (TPSA) is 59.0 Å². The number of carboxylic acid groups (broad SMARTS) is 1. The minimum absolute atomic E-state index is 0.0469. The van der Waals surface area contributed by atoms with Gasteiger partial charge in [-0.1, -0.05) is 6.07 Å². The van der Waals surface area contributed by atoms with Gasteiger partial charge in [-0.3, -0.25) is 9.69 Å². The number of nitrogens with zero attached hydrogens (tertiary/aromatic N) is 1. The lowest BCUT2D eigenvalue weighted by Crippen LogP contribution is -2.34. The second-order valence-corrected chi connectivity index (χ2v) is 5.79. The van der Waals surface area contributed by atoms with Crippen LogP contribution in [0.15, 0.2) is 18.2 Å². The normalized spacial score (nSPS) is 26.6. The zero-order chi connectivity index (χ0) is 15.0. The van der Waals surface area contributed by atoms with E-state index >= 15 is 0 Å². The van der Waals surface area contributed by atoms with E-state index in [9.17, 15) is 9.90 Å². The zero-order valence-electron chi connectivity index (χ0n) is 12.4. The van der Waals surface area contributed by atoms with E-state index in [0.717, 1.165) is 23.6 Å². The molecular formula is C16H21NO4. The summed E-state index contributed by atoms with van der Waals surface area (Å²) in [5.74, 6) is 0.603. The van der Waals surface area contributed by atoms with Crippen LogP contribution in [0.1, 0.15) is 31.9 Å². The molecule has 1 fully saturated rings. The van der Waals surface area contributed by atoms with Gasteiger partial charge in [-0.25, -0.2) is 0 Å². The lowest BCUT2D eigenvalue weighted by Gasteiger charge is -2.30. The Balaban J connectivity index is 1.79. The maximum atomic E-state index is 11.2. The first-order valence-corrected chi connectivity index (χ1v) is 7.46. The molecule has 2 aliphatic heterocycles. The first kappa shape index (κ1) is 14.2. The summed E-state index contributed by atoms with van der Waals surface area (Å²) in [5, 5.41) is 9.25. The summed E-state index contributed by atoms with van der Waals surface area (Å²) in [6, 6.07) is 6.21. The van der Waals surface area contributed by atoms with E-state index in [2.05, 4.69) is 11.8 Å². The first-order valence-electron chi connectivity index (χ1n) is 7.46. The molecule has 5 nitrogen and oxygen atoms in total.